The van der Waals surface area contributed by atoms with Crippen LogP contribution in [0.5, 0.6) is 0 Å². The summed E-state index contributed by atoms with van der Waals surface area (Å²) >= 11 is 0. The number of sulfonamides is 1. The summed E-state index contributed by atoms with van der Waals surface area (Å²) in [5.41, 5.74) is 3.62. The van der Waals surface area contributed by atoms with Crippen LogP contribution in [0.25, 0.3) is 0 Å². The topological polar surface area (TPSA) is 102 Å². The highest BCUT2D eigenvalue weighted by Crippen LogP contribution is 2.25. The van der Waals surface area contributed by atoms with E-state index in [1.54, 1.807) is 24.4 Å². The summed E-state index contributed by atoms with van der Waals surface area (Å²) in [6.45, 7) is 6.11. The van der Waals surface area contributed by atoms with Gasteiger partial charge in [-0.2, -0.15) is 4.98 Å². The number of aromatic nitrogens is 2. The van der Waals surface area contributed by atoms with Crippen molar-refractivity contribution >= 4 is 38.9 Å². The average Bonchev–Trinajstić information content (AvgIpc) is 3.40. The molecule has 0 radical (unpaired) electrons. The van der Waals surface area contributed by atoms with E-state index < -0.39 is 10.0 Å². The second-order valence-electron chi connectivity index (χ2n) is 9.94. The summed E-state index contributed by atoms with van der Waals surface area (Å²) in [7, 11) is -1.42. The number of benzene rings is 2. The summed E-state index contributed by atoms with van der Waals surface area (Å²) in [6, 6.07) is 15.2. The van der Waals surface area contributed by atoms with Crippen LogP contribution in [0, 0.1) is 6.92 Å². The van der Waals surface area contributed by atoms with E-state index in [1.165, 1.54) is 5.69 Å². The first-order valence-electron chi connectivity index (χ1n) is 12.9. The Hall–Kier alpha value is -3.21. The van der Waals surface area contributed by atoms with Gasteiger partial charge in [0, 0.05) is 61.0 Å². The Balaban J connectivity index is 1.26. The van der Waals surface area contributed by atoms with Gasteiger partial charge in [0.05, 0.1) is 4.90 Å². The van der Waals surface area contributed by atoms with E-state index in [0.29, 0.717) is 17.5 Å². The van der Waals surface area contributed by atoms with Gasteiger partial charge in [0.1, 0.15) is 5.82 Å². The molecular weight excluding hydrogens is 486 g/mol. The minimum Gasteiger partial charge on any atom is -0.369 e. The molecule has 2 heterocycles. The Bertz CT molecular complexity index is 1320. The first-order valence-corrected chi connectivity index (χ1v) is 14.4. The molecule has 0 atom stereocenters. The monoisotopic (exact) mass is 521 g/mol. The van der Waals surface area contributed by atoms with Gasteiger partial charge in [0.25, 0.3) is 0 Å². The van der Waals surface area contributed by atoms with Gasteiger partial charge >= 0.3 is 0 Å². The molecule has 2 aromatic carbocycles. The molecule has 1 aliphatic heterocycles. The largest absolute Gasteiger partial charge is 0.369 e. The normalized spacial score (nSPS) is 17.2. The fourth-order valence-electron chi connectivity index (χ4n) is 4.79. The zero-order valence-electron chi connectivity index (χ0n) is 21.4. The number of rotatable bonds is 8. The van der Waals surface area contributed by atoms with Crippen molar-refractivity contribution in [1.82, 2.24) is 19.6 Å². The van der Waals surface area contributed by atoms with E-state index in [-0.39, 0.29) is 10.9 Å². The highest BCUT2D eigenvalue weighted by molar-refractivity contribution is 7.89. The number of piperazine rings is 1. The number of aryl methyl sites for hydroxylation is 1. The number of likely N-dealkylation sites (N-methyl/N-ethyl adjacent to an activating group) is 1. The molecule has 2 aliphatic rings. The fourth-order valence-corrected chi connectivity index (χ4v) is 6.14. The Morgan fingerprint density at radius 3 is 2.38 bits per heavy atom. The molecule has 196 valence electrons. The predicted molar refractivity (Wildman–Crippen MR) is 149 cm³/mol. The van der Waals surface area contributed by atoms with Gasteiger partial charge in [-0.3, -0.25) is 0 Å². The molecule has 0 amide bonds. The van der Waals surface area contributed by atoms with Crippen LogP contribution in [0.3, 0.4) is 0 Å². The Labute approximate surface area is 219 Å². The molecule has 1 saturated carbocycles. The summed E-state index contributed by atoms with van der Waals surface area (Å²) in [4.78, 5) is 14.1. The smallest absolute Gasteiger partial charge is 0.240 e. The third kappa shape index (κ3) is 6.38. The first kappa shape index (κ1) is 25.4. The van der Waals surface area contributed by atoms with Crippen molar-refractivity contribution in [3.8, 4) is 0 Å². The molecule has 1 saturated heterocycles. The Morgan fingerprint density at radius 2 is 1.65 bits per heavy atom. The maximum atomic E-state index is 12.9. The van der Waals surface area contributed by atoms with Crippen molar-refractivity contribution in [2.75, 3.05) is 48.8 Å². The van der Waals surface area contributed by atoms with E-state index in [4.69, 9.17) is 0 Å². The molecular formula is C27H35N7O2S. The molecule has 3 aromatic rings. The summed E-state index contributed by atoms with van der Waals surface area (Å²) in [5.74, 6) is 1.08. The number of hydrogen-bond donors (Lipinski definition) is 3. The van der Waals surface area contributed by atoms with Gasteiger partial charge in [-0.25, -0.2) is 18.1 Å². The molecule has 5 rings (SSSR count). The highest BCUT2D eigenvalue weighted by Gasteiger charge is 2.23. The molecule has 3 N–H and O–H groups in total. The van der Waals surface area contributed by atoms with Crippen molar-refractivity contribution in [2.24, 2.45) is 0 Å². The van der Waals surface area contributed by atoms with Gasteiger partial charge in [0.15, 0.2) is 0 Å². The molecule has 2 fully saturated rings. The zero-order valence-corrected chi connectivity index (χ0v) is 22.3. The molecule has 10 heteroatoms. The lowest BCUT2D eigenvalue weighted by Crippen LogP contribution is -2.44. The minimum atomic E-state index is -3.57. The summed E-state index contributed by atoms with van der Waals surface area (Å²) in [6.07, 6.45) is 5.67. The van der Waals surface area contributed by atoms with Crippen molar-refractivity contribution in [3.63, 3.8) is 0 Å². The van der Waals surface area contributed by atoms with Gasteiger partial charge in [-0.15, -0.1) is 0 Å². The van der Waals surface area contributed by atoms with E-state index in [2.05, 4.69) is 54.3 Å². The van der Waals surface area contributed by atoms with Gasteiger partial charge in [0.2, 0.25) is 16.0 Å². The van der Waals surface area contributed by atoms with Crippen LogP contribution < -0.4 is 20.3 Å². The lowest BCUT2D eigenvalue weighted by molar-refractivity contribution is 0.313. The second kappa shape index (κ2) is 11.0. The predicted octanol–water partition coefficient (Wildman–Crippen LogP) is 4.24. The standard InChI is InChI=1S/C27H35N7O2S/c1-20-19-28-27(30-21-10-12-24(13-11-21)34-16-14-33(2)15-17-34)31-26(20)29-23-8-5-9-25(18-23)37(35,36)32-22-6-3-4-7-22/h5,8-13,18-19,22,32H,3-4,6-7,14-17H2,1-2H3,(H2,28,29,30,31). The van der Waals surface area contributed by atoms with Crippen LogP contribution in [0.1, 0.15) is 31.2 Å². The fraction of sp³-hybridized carbons (Fsp3) is 0.407. The van der Waals surface area contributed by atoms with Gasteiger partial charge in [-0.05, 0) is 69.3 Å². The molecule has 1 aromatic heterocycles. The van der Waals surface area contributed by atoms with E-state index >= 15 is 0 Å². The van der Waals surface area contributed by atoms with Crippen LogP contribution in [-0.4, -0.2) is 62.6 Å². The SMILES string of the molecule is Cc1cnc(Nc2ccc(N3CCN(C)CC3)cc2)nc1Nc1cccc(S(=O)(=O)NC2CCCC2)c1. The van der Waals surface area contributed by atoms with Crippen molar-refractivity contribution in [3.05, 3.63) is 60.3 Å². The lowest BCUT2D eigenvalue weighted by Gasteiger charge is -2.34. The van der Waals surface area contributed by atoms with E-state index in [1.807, 2.05) is 25.1 Å². The Morgan fingerprint density at radius 1 is 0.919 bits per heavy atom. The molecule has 9 nitrogen and oxygen atoms in total. The first-order chi connectivity index (χ1) is 17.9. The molecule has 0 spiro atoms. The van der Waals surface area contributed by atoms with Crippen molar-refractivity contribution in [1.29, 1.82) is 0 Å². The second-order valence-corrected chi connectivity index (χ2v) is 11.7. The molecule has 37 heavy (non-hydrogen) atoms. The number of nitrogens with one attached hydrogen (secondary N) is 3. The molecule has 1 aliphatic carbocycles. The highest BCUT2D eigenvalue weighted by atomic mass is 32.2. The van der Waals surface area contributed by atoms with Crippen LogP contribution in [0.4, 0.5) is 28.8 Å². The minimum absolute atomic E-state index is 0.0231. The average molecular weight is 522 g/mol. The van der Waals surface area contributed by atoms with Gasteiger partial charge in [-0.1, -0.05) is 18.9 Å². The Kier molecular flexibility index (Phi) is 7.59. The maximum Gasteiger partial charge on any atom is 0.240 e. The van der Waals surface area contributed by atoms with Crippen LogP contribution in [-0.2, 0) is 10.0 Å². The van der Waals surface area contributed by atoms with Gasteiger partial charge < -0.3 is 20.4 Å². The molecule has 0 unspecified atom stereocenters. The lowest BCUT2D eigenvalue weighted by atomic mass is 10.2. The zero-order chi connectivity index (χ0) is 25.8. The number of anilines is 5. The van der Waals surface area contributed by atoms with E-state index in [9.17, 15) is 8.42 Å². The maximum absolute atomic E-state index is 12.9. The van der Waals surface area contributed by atoms with Crippen LogP contribution in [0.15, 0.2) is 59.6 Å². The third-order valence-electron chi connectivity index (χ3n) is 7.05. The molecule has 0 bridgehead atoms. The van der Waals surface area contributed by atoms with E-state index in [0.717, 1.165) is 63.1 Å². The van der Waals surface area contributed by atoms with Crippen molar-refractivity contribution < 1.29 is 8.42 Å². The summed E-state index contributed by atoms with van der Waals surface area (Å²) in [5, 5.41) is 6.54. The van der Waals surface area contributed by atoms with Crippen LogP contribution >= 0.6 is 0 Å². The third-order valence-corrected chi connectivity index (χ3v) is 8.57. The number of hydrogen-bond acceptors (Lipinski definition) is 8. The van der Waals surface area contributed by atoms with Crippen LogP contribution in [0.2, 0.25) is 0 Å². The van der Waals surface area contributed by atoms with Crippen molar-refractivity contribution in [2.45, 2.75) is 43.5 Å². The summed E-state index contributed by atoms with van der Waals surface area (Å²) < 4.78 is 28.6. The number of nitrogens with zero attached hydrogens (tertiary/aromatic N) is 4. The quantitative estimate of drug-likeness (QED) is 0.405.